The molecule has 1 fully saturated rings. The largest absolute Gasteiger partial charge is 0.465 e. The van der Waals surface area contributed by atoms with Gasteiger partial charge in [0.05, 0.1) is 5.92 Å². The summed E-state index contributed by atoms with van der Waals surface area (Å²) in [5.74, 6) is 0.623. The first kappa shape index (κ1) is 19.0. The van der Waals surface area contributed by atoms with E-state index in [1.54, 1.807) is 6.08 Å². The zero-order chi connectivity index (χ0) is 19.1. The van der Waals surface area contributed by atoms with Crippen LogP contribution in [0.5, 0.6) is 0 Å². The van der Waals surface area contributed by atoms with Crippen molar-refractivity contribution in [2.75, 3.05) is 13.2 Å². The van der Waals surface area contributed by atoms with Gasteiger partial charge in [-0.3, -0.25) is 4.79 Å². The molecule has 140 valence electrons. The first-order chi connectivity index (χ1) is 13.2. The number of allylic oxidation sites excluding steroid dienone is 1. The van der Waals surface area contributed by atoms with E-state index in [1.165, 1.54) is 18.4 Å². The summed E-state index contributed by atoms with van der Waals surface area (Å²) in [5.41, 5.74) is 4.16. The fourth-order valence-corrected chi connectivity index (χ4v) is 3.03. The molecule has 27 heavy (non-hydrogen) atoms. The van der Waals surface area contributed by atoms with Gasteiger partial charge in [0, 0.05) is 5.56 Å². The topological polar surface area (TPSA) is 35.5 Å². The van der Waals surface area contributed by atoms with Gasteiger partial charge in [0.15, 0.2) is 5.78 Å². The second-order valence-corrected chi connectivity index (χ2v) is 6.86. The van der Waals surface area contributed by atoms with Gasteiger partial charge in [0.1, 0.15) is 13.2 Å². The summed E-state index contributed by atoms with van der Waals surface area (Å²) in [6.45, 7) is 7.01. The van der Waals surface area contributed by atoms with Crippen LogP contribution in [-0.4, -0.2) is 19.0 Å². The third-order valence-corrected chi connectivity index (χ3v) is 4.78. The smallest absolute Gasteiger partial charge is 0.271 e. The van der Waals surface area contributed by atoms with Crippen molar-refractivity contribution in [1.82, 2.24) is 0 Å². The quantitative estimate of drug-likeness (QED) is 0.480. The number of unbranched alkanes of at least 4 members (excludes halogenated alkanes) is 1. The Morgan fingerprint density at radius 2 is 1.74 bits per heavy atom. The van der Waals surface area contributed by atoms with Gasteiger partial charge in [-0.1, -0.05) is 68.0 Å². The Morgan fingerprint density at radius 3 is 2.37 bits per heavy atom. The lowest BCUT2D eigenvalue weighted by molar-refractivity contribution is -0.0267. The van der Waals surface area contributed by atoms with E-state index in [2.05, 4.69) is 37.8 Å². The average molecular weight is 362 g/mol. The van der Waals surface area contributed by atoms with Crippen molar-refractivity contribution >= 4 is 11.9 Å². The molecule has 1 saturated heterocycles. The maximum atomic E-state index is 12.4. The summed E-state index contributed by atoms with van der Waals surface area (Å²) in [7, 11) is 0. The molecule has 3 heteroatoms. The number of benzene rings is 2. The molecule has 1 aliphatic rings. The van der Waals surface area contributed by atoms with Crippen molar-refractivity contribution < 1.29 is 14.3 Å². The molecule has 0 spiro atoms. The molecule has 0 amide bonds. The highest BCUT2D eigenvalue weighted by molar-refractivity contribution is 6.06. The predicted molar refractivity (Wildman–Crippen MR) is 109 cm³/mol. The number of ether oxygens (including phenoxy) is 2. The van der Waals surface area contributed by atoms with Gasteiger partial charge in [-0.25, -0.2) is 0 Å². The summed E-state index contributed by atoms with van der Waals surface area (Å²) in [6.07, 6.45) is 6.91. The van der Waals surface area contributed by atoms with E-state index in [-0.39, 0.29) is 11.7 Å². The minimum Gasteiger partial charge on any atom is -0.465 e. The van der Waals surface area contributed by atoms with Crippen LogP contribution in [0.25, 0.3) is 6.08 Å². The second-order valence-electron chi connectivity index (χ2n) is 6.86. The van der Waals surface area contributed by atoms with Gasteiger partial charge >= 0.3 is 0 Å². The highest BCUT2D eigenvalue weighted by atomic mass is 16.7. The van der Waals surface area contributed by atoms with Crippen LogP contribution in [0.2, 0.25) is 0 Å². The van der Waals surface area contributed by atoms with E-state index >= 15 is 0 Å². The van der Waals surface area contributed by atoms with Gasteiger partial charge in [-0.15, -0.1) is 0 Å². The molecule has 3 rings (SSSR count). The molecular formula is C24H26O3. The average Bonchev–Trinajstić information content (AvgIpc) is 2.72. The van der Waals surface area contributed by atoms with E-state index in [0.717, 1.165) is 23.1 Å². The Hall–Kier alpha value is -2.81. The molecule has 2 aromatic carbocycles. The Labute approximate surface area is 161 Å². The fraction of sp³-hybridized carbons (Fsp3) is 0.292. The number of carbonyl (C=O) groups excluding carboxylic acids is 1. The zero-order valence-electron chi connectivity index (χ0n) is 15.8. The molecular weight excluding hydrogens is 336 g/mol. The first-order valence-corrected chi connectivity index (χ1v) is 9.51. The number of hydrogen-bond donors (Lipinski definition) is 0. The number of hydrogen-bond acceptors (Lipinski definition) is 3. The van der Waals surface area contributed by atoms with E-state index in [1.807, 2.05) is 30.3 Å². The minimum absolute atomic E-state index is 0.0220. The van der Waals surface area contributed by atoms with E-state index in [4.69, 9.17) is 9.47 Å². The number of ketones is 1. The molecule has 0 unspecified atom stereocenters. The summed E-state index contributed by atoms with van der Waals surface area (Å²) >= 11 is 0. The maximum absolute atomic E-state index is 12.4. The lowest BCUT2D eigenvalue weighted by Gasteiger charge is -2.25. The molecule has 0 bridgehead atoms. The van der Waals surface area contributed by atoms with Crippen molar-refractivity contribution in [1.29, 1.82) is 0 Å². The normalized spacial score (nSPS) is 14.8. The first-order valence-electron chi connectivity index (χ1n) is 9.51. The van der Waals surface area contributed by atoms with Gasteiger partial charge in [-0.2, -0.15) is 0 Å². The SMILES string of the molecule is C=C1OCC(c2ccc(/C=C/C(=O)c3ccc(CCCC)cc3)cc2)CO1. The van der Waals surface area contributed by atoms with Gasteiger partial charge in [0.25, 0.3) is 5.95 Å². The van der Waals surface area contributed by atoms with Crippen molar-refractivity contribution in [3.63, 3.8) is 0 Å². The molecule has 3 nitrogen and oxygen atoms in total. The van der Waals surface area contributed by atoms with Crippen LogP contribution in [0.1, 0.15) is 52.7 Å². The minimum atomic E-state index is 0.0220. The maximum Gasteiger partial charge on any atom is 0.271 e. The van der Waals surface area contributed by atoms with Crippen LogP contribution in [0.4, 0.5) is 0 Å². The Bertz CT molecular complexity index is 791. The summed E-state index contributed by atoms with van der Waals surface area (Å²) < 4.78 is 10.7. The van der Waals surface area contributed by atoms with Crippen molar-refractivity contribution in [3.05, 3.63) is 89.4 Å². The van der Waals surface area contributed by atoms with Crippen LogP contribution in [0, 0.1) is 0 Å². The van der Waals surface area contributed by atoms with Crippen LogP contribution in [0.3, 0.4) is 0 Å². The monoisotopic (exact) mass is 362 g/mol. The Balaban J connectivity index is 1.58. The third-order valence-electron chi connectivity index (χ3n) is 4.78. The zero-order valence-corrected chi connectivity index (χ0v) is 15.8. The number of carbonyl (C=O) groups is 1. The summed E-state index contributed by atoms with van der Waals surface area (Å²) in [5, 5.41) is 0. The van der Waals surface area contributed by atoms with Gasteiger partial charge in [-0.05, 0) is 42.2 Å². The lowest BCUT2D eigenvalue weighted by Crippen LogP contribution is -2.20. The van der Waals surface area contributed by atoms with Crippen LogP contribution >= 0.6 is 0 Å². The Kier molecular flexibility index (Phi) is 6.48. The molecule has 1 aliphatic heterocycles. The van der Waals surface area contributed by atoms with Crippen molar-refractivity contribution in [2.45, 2.75) is 32.1 Å². The highest BCUT2D eigenvalue weighted by Gasteiger charge is 2.19. The molecule has 0 aromatic heterocycles. The van der Waals surface area contributed by atoms with Crippen LogP contribution in [-0.2, 0) is 15.9 Å². The second kappa shape index (κ2) is 9.22. The van der Waals surface area contributed by atoms with Crippen molar-refractivity contribution in [2.24, 2.45) is 0 Å². The van der Waals surface area contributed by atoms with Gasteiger partial charge < -0.3 is 9.47 Å². The fourth-order valence-electron chi connectivity index (χ4n) is 3.03. The van der Waals surface area contributed by atoms with Crippen LogP contribution < -0.4 is 0 Å². The summed E-state index contributed by atoms with van der Waals surface area (Å²) in [4.78, 5) is 12.4. The van der Waals surface area contributed by atoms with Crippen LogP contribution in [0.15, 0.2) is 67.1 Å². The Morgan fingerprint density at radius 1 is 1.07 bits per heavy atom. The molecule has 0 saturated carbocycles. The standard InChI is InChI=1S/C24H26O3/c1-3-4-5-19-8-13-22(14-9-19)24(25)15-10-20-6-11-21(12-7-20)23-16-26-18(2)27-17-23/h6-15,23H,2-5,16-17H2,1H3/b15-10+. The highest BCUT2D eigenvalue weighted by Crippen LogP contribution is 2.23. The molecule has 0 N–H and O–H groups in total. The van der Waals surface area contributed by atoms with Gasteiger partial charge in [0.2, 0.25) is 0 Å². The molecule has 0 radical (unpaired) electrons. The van der Waals surface area contributed by atoms with E-state index < -0.39 is 0 Å². The molecule has 2 aromatic rings. The third kappa shape index (κ3) is 5.33. The molecule has 0 atom stereocenters. The van der Waals surface area contributed by atoms with Crippen molar-refractivity contribution in [3.8, 4) is 0 Å². The van der Waals surface area contributed by atoms with E-state index in [9.17, 15) is 4.79 Å². The molecule has 1 heterocycles. The van der Waals surface area contributed by atoms with E-state index in [0.29, 0.717) is 19.2 Å². The number of aryl methyl sites for hydroxylation is 1. The summed E-state index contributed by atoms with van der Waals surface area (Å²) in [6, 6.07) is 16.1. The number of rotatable bonds is 7. The molecule has 0 aliphatic carbocycles. The predicted octanol–water partition coefficient (Wildman–Crippen LogP) is 5.53. The lowest BCUT2D eigenvalue weighted by atomic mass is 9.98.